The fourth-order valence-electron chi connectivity index (χ4n) is 6.92. The summed E-state index contributed by atoms with van der Waals surface area (Å²) in [7, 11) is 1.55. The summed E-state index contributed by atoms with van der Waals surface area (Å²) in [5.74, 6) is -0.717. The van der Waals surface area contributed by atoms with Crippen LogP contribution in [0.5, 0.6) is 11.5 Å². The number of amides is 1. The van der Waals surface area contributed by atoms with Crippen LogP contribution in [-0.2, 0) is 26.2 Å². The maximum atomic E-state index is 13.6. The van der Waals surface area contributed by atoms with E-state index >= 15 is 0 Å². The van der Waals surface area contributed by atoms with Crippen LogP contribution in [0, 0.1) is 11.8 Å². The summed E-state index contributed by atoms with van der Waals surface area (Å²) < 4.78 is 11.1. The SMILES string of the molecule is COCCNC(=O)C1C[C@@]2(O)[C@H]3Cc4ccc(O)c5c4[C@@]2(CCN3CC2CC2)[C@@H](O5)C1=O. The van der Waals surface area contributed by atoms with Crippen LogP contribution in [0.2, 0.25) is 0 Å². The highest BCUT2D eigenvalue weighted by Crippen LogP contribution is 2.65. The molecule has 172 valence electrons. The van der Waals surface area contributed by atoms with E-state index in [9.17, 15) is 19.8 Å². The standard InChI is InChI=1S/C24H30N2O6/c1-31-9-7-25-22(29)15-11-24(30)17-10-14-4-5-16(27)20-18(14)23(24,21(32-20)19(15)28)6-8-26(17)12-13-2-3-13/h4-5,13,15,17,21,27,30H,2-3,6-12H2,1H3,(H,25,29)/t15?,17-,21+,23+,24-/m1/s1. The van der Waals surface area contributed by atoms with Gasteiger partial charge in [0.15, 0.2) is 23.4 Å². The number of nitrogens with one attached hydrogen (secondary N) is 1. The van der Waals surface area contributed by atoms with Gasteiger partial charge in [-0.2, -0.15) is 0 Å². The molecule has 1 aromatic rings. The van der Waals surface area contributed by atoms with Gasteiger partial charge in [0, 0.05) is 31.8 Å². The predicted molar refractivity (Wildman–Crippen MR) is 114 cm³/mol. The van der Waals surface area contributed by atoms with Crippen LogP contribution >= 0.6 is 0 Å². The first-order valence-corrected chi connectivity index (χ1v) is 11.7. The molecule has 32 heavy (non-hydrogen) atoms. The minimum absolute atomic E-state index is 0.0115. The van der Waals surface area contributed by atoms with E-state index in [2.05, 4.69) is 10.2 Å². The molecule has 0 aromatic heterocycles. The Morgan fingerprint density at radius 2 is 2.19 bits per heavy atom. The summed E-state index contributed by atoms with van der Waals surface area (Å²) in [4.78, 5) is 29.0. The van der Waals surface area contributed by atoms with Crippen LogP contribution in [0.1, 0.15) is 36.8 Å². The Morgan fingerprint density at radius 3 is 2.94 bits per heavy atom. The third-order valence-electron chi connectivity index (χ3n) is 8.55. The number of carbonyl (C=O) groups excluding carboxylic acids is 2. The first-order valence-electron chi connectivity index (χ1n) is 11.7. The lowest BCUT2D eigenvalue weighted by molar-refractivity contribution is -0.198. The van der Waals surface area contributed by atoms with Gasteiger partial charge in [0.25, 0.3) is 0 Å². The fourth-order valence-corrected chi connectivity index (χ4v) is 6.92. The fraction of sp³-hybridized carbons (Fsp3) is 0.667. The minimum Gasteiger partial charge on any atom is -0.504 e. The Bertz CT molecular complexity index is 993. The summed E-state index contributed by atoms with van der Waals surface area (Å²) in [6.45, 7) is 2.36. The number of Topliss-reactive ketones (excluding diaryl/α,β-unsaturated/α-hetero) is 1. The summed E-state index contributed by atoms with van der Waals surface area (Å²) >= 11 is 0. The molecule has 5 atom stereocenters. The molecule has 3 fully saturated rings. The molecular formula is C24H30N2O6. The number of piperidine rings is 1. The lowest BCUT2D eigenvalue weighted by atomic mass is 9.47. The van der Waals surface area contributed by atoms with Crippen molar-refractivity contribution < 1.29 is 29.3 Å². The first kappa shape index (κ1) is 20.4. The maximum absolute atomic E-state index is 13.6. The number of ketones is 1. The average molecular weight is 443 g/mol. The molecule has 5 aliphatic rings. The van der Waals surface area contributed by atoms with Crippen LogP contribution in [0.4, 0.5) is 0 Å². The van der Waals surface area contributed by atoms with Gasteiger partial charge in [0.05, 0.1) is 17.6 Å². The van der Waals surface area contributed by atoms with Crippen molar-refractivity contribution in [3.8, 4) is 11.5 Å². The zero-order valence-electron chi connectivity index (χ0n) is 18.3. The van der Waals surface area contributed by atoms with Crippen LogP contribution in [0.25, 0.3) is 0 Å². The lowest BCUT2D eigenvalue weighted by Crippen LogP contribution is -2.78. The van der Waals surface area contributed by atoms with E-state index in [0.717, 1.165) is 24.2 Å². The van der Waals surface area contributed by atoms with Gasteiger partial charge in [-0.25, -0.2) is 0 Å². The van der Waals surface area contributed by atoms with Crippen LogP contribution in [0.3, 0.4) is 0 Å². The molecule has 8 nitrogen and oxygen atoms in total. The van der Waals surface area contributed by atoms with E-state index < -0.39 is 28.9 Å². The Balaban J connectivity index is 1.45. The third kappa shape index (κ3) is 2.54. The van der Waals surface area contributed by atoms with Crippen molar-refractivity contribution in [2.75, 3.05) is 33.4 Å². The largest absolute Gasteiger partial charge is 0.504 e. The Hall–Kier alpha value is -2.16. The van der Waals surface area contributed by atoms with Gasteiger partial charge in [-0.1, -0.05) is 6.07 Å². The Kier molecular flexibility index (Phi) is 4.42. The Morgan fingerprint density at radius 1 is 1.38 bits per heavy atom. The number of hydrogen-bond acceptors (Lipinski definition) is 7. The molecule has 3 aliphatic carbocycles. The van der Waals surface area contributed by atoms with Gasteiger partial charge >= 0.3 is 0 Å². The van der Waals surface area contributed by atoms with Gasteiger partial charge in [-0.15, -0.1) is 0 Å². The van der Waals surface area contributed by atoms with E-state index in [1.165, 1.54) is 12.8 Å². The van der Waals surface area contributed by atoms with Crippen molar-refractivity contribution in [1.29, 1.82) is 0 Å². The van der Waals surface area contributed by atoms with Gasteiger partial charge in [-0.05, 0) is 56.2 Å². The third-order valence-corrected chi connectivity index (χ3v) is 8.55. The number of rotatable bonds is 6. The van der Waals surface area contributed by atoms with Crippen molar-refractivity contribution in [3.63, 3.8) is 0 Å². The number of likely N-dealkylation sites (tertiary alicyclic amines) is 1. The summed E-state index contributed by atoms with van der Waals surface area (Å²) in [5.41, 5.74) is -0.376. The van der Waals surface area contributed by atoms with Crippen molar-refractivity contribution in [2.24, 2.45) is 11.8 Å². The smallest absolute Gasteiger partial charge is 0.230 e. The number of phenolic OH excluding ortho intramolecular Hbond substituents is 1. The van der Waals surface area contributed by atoms with Gasteiger partial charge in [0.2, 0.25) is 5.91 Å². The van der Waals surface area contributed by atoms with Gasteiger partial charge in [-0.3, -0.25) is 14.5 Å². The van der Waals surface area contributed by atoms with Crippen LogP contribution in [0.15, 0.2) is 12.1 Å². The topological polar surface area (TPSA) is 108 Å². The van der Waals surface area contributed by atoms with Crippen LogP contribution < -0.4 is 10.1 Å². The number of benzene rings is 1. The summed E-state index contributed by atoms with van der Waals surface area (Å²) in [6.07, 6.45) is 2.74. The number of aliphatic hydroxyl groups is 1. The average Bonchev–Trinajstić information content (AvgIpc) is 3.51. The quantitative estimate of drug-likeness (QED) is 0.435. The number of ether oxygens (including phenoxy) is 2. The van der Waals surface area contributed by atoms with Crippen molar-refractivity contribution in [1.82, 2.24) is 10.2 Å². The van der Waals surface area contributed by atoms with Crippen molar-refractivity contribution in [3.05, 3.63) is 23.3 Å². The number of carbonyl (C=O) groups is 2. The second kappa shape index (κ2) is 6.92. The highest BCUT2D eigenvalue weighted by molar-refractivity contribution is 6.06. The molecule has 6 rings (SSSR count). The highest BCUT2D eigenvalue weighted by atomic mass is 16.5. The first-order chi connectivity index (χ1) is 15.4. The molecule has 1 aromatic carbocycles. The second-order valence-electron chi connectivity index (χ2n) is 10.2. The molecule has 1 saturated heterocycles. The molecule has 2 saturated carbocycles. The second-order valence-corrected chi connectivity index (χ2v) is 10.2. The molecule has 2 bridgehead atoms. The van der Waals surface area contributed by atoms with E-state index in [0.29, 0.717) is 37.7 Å². The lowest BCUT2D eigenvalue weighted by Gasteiger charge is -2.63. The molecule has 3 N–H and O–H groups in total. The van der Waals surface area contributed by atoms with E-state index in [-0.39, 0.29) is 24.0 Å². The van der Waals surface area contributed by atoms with Gasteiger partial charge < -0.3 is 25.0 Å². The molecule has 0 radical (unpaired) electrons. The summed E-state index contributed by atoms with van der Waals surface area (Å²) in [5, 5.41) is 25.8. The van der Waals surface area contributed by atoms with Crippen molar-refractivity contribution in [2.45, 2.75) is 55.3 Å². The number of aromatic hydroxyl groups is 1. The number of hydrogen-bond donors (Lipinski definition) is 3. The predicted octanol–water partition coefficient (Wildman–Crippen LogP) is 0.514. The molecule has 2 heterocycles. The zero-order chi connectivity index (χ0) is 22.3. The van der Waals surface area contributed by atoms with Gasteiger partial charge in [0.1, 0.15) is 5.92 Å². The zero-order valence-corrected chi connectivity index (χ0v) is 18.3. The van der Waals surface area contributed by atoms with Crippen molar-refractivity contribution >= 4 is 11.7 Å². The maximum Gasteiger partial charge on any atom is 0.230 e. The van der Waals surface area contributed by atoms with Crippen LogP contribution in [-0.4, -0.2) is 77.9 Å². The molecule has 1 unspecified atom stereocenters. The van der Waals surface area contributed by atoms with E-state index in [1.54, 1.807) is 13.2 Å². The minimum atomic E-state index is -1.28. The molecule has 1 amide bonds. The molecule has 2 aliphatic heterocycles. The highest BCUT2D eigenvalue weighted by Gasteiger charge is 2.75. The summed E-state index contributed by atoms with van der Waals surface area (Å²) in [6, 6.07) is 3.34. The number of nitrogens with zero attached hydrogens (tertiary/aromatic N) is 1. The molecular weight excluding hydrogens is 412 g/mol. The monoisotopic (exact) mass is 442 g/mol. The normalized spacial score (nSPS) is 37.1. The number of phenols is 1. The van der Waals surface area contributed by atoms with E-state index in [4.69, 9.17) is 9.47 Å². The Labute approximate surface area is 186 Å². The molecule has 8 heteroatoms. The van der Waals surface area contributed by atoms with E-state index in [1.807, 2.05) is 6.07 Å². The number of methoxy groups -OCH3 is 1. The molecule has 1 spiro atoms.